The van der Waals surface area contributed by atoms with Crippen LogP contribution in [0.15, 0.2) is 4.90 Å². The normalized spacial score (nSPS) is 10.8. The van der Waals surface area contributed by atoms with Crippen LogP contribution in [0.2, 0.25) is 0 Å². The minimum absolute atomic E-state index is 0.765. The molecule has 0 saturated carbocycles. The quantitative estimate of drug-likeness (QED) is 0.451. The molecule has 17 heavy (non-hydrogen) atoms. The van der Waals surface area contributed by atoms with Gasteiger partial charge in [-0.25, -0.2) is 26.0 Å². The molecule has 0 saturated heterocycles. The van der Waals surface area contributed by atoms with Crippen molar-refractivity contribution in [1.29, 1.82) is 0 Å². The zero-order valence-electron chi connectivity index (χ0n) is 9.11. The van der Waals surface area contributed by atoms with Crippen molar-refractivity contribution < 1.29 is 26.0 Å². The van der Waals surface area contributed by atoms with Crippen LogP contribution in [0.4, 0.5) is 17.6 Å². The van der Waals surface area contributed by atoms with Gasteiger partial charge in [-0.05, 0) is 6.92 Å². The summed E-state index contributed by atoms with van der Waals surface area (Å²) >= 11 is 0. The van der Waals surface area contributed by atoms with E-state index >= 15 is 0 Å². The number of rotatable bonds is 1. The van der Waals surface area contributed by atoms with E-state index in [-0.39, 0.29) is 0 Å². The molecule has 0 unspecified atom stereocenters. The Labute approximate surface area is 101 Å². The molecule has 0 fully saturated rings. The van der Waals surface area contributed by atoms with Gasteiger partial charge in [-0.15, -0.1) is 0 Å². The SMILES string of the molecule is CC.Cc1c(F)c(F)c(S(=O)(=O)Cl)c(F)c1F. The summed E-state index contributed by atoms with van der Waals surface area (Å²) < 4.78 is 72.9. The summed E-state index contributed by atoms with van der Waals surface area (Å²) in [5, 5.41) is 0. The Morgan fingerprint density at radius 3 is 1.41 bits per heavy atom. The second kappa shape index (κ2) is 5.68. The number of hydrogen-bond donors (Lipinski definition) is 0. The molecular weight excluding hydrogens is 284 g/mol. The molecule has 0 N–H and O–H groups in total. The highest BCUT2D eigenvalue weighted by Gasteiger charge is 2.30. The van der Waals surface area contributed by atoms with Gasteiger partial charge in [0, 0.05) is 16.2 Å². The molecular formula is C9H9ClF4O2S. The summed E-state index contributed by atoms with van der Waals surface area (Å²) in [7, 11) is -0.259. The summed E-state index contributed by atoms with van der Waals surface area (Å²) in [6.45, 7) is 4.77. The van der Waals surface area contributed by atoms with Crippen molar-refractivity contribution in [1.82, 2.24) is 0 Å². The van der Waals surface area contributed by atoms with Crippen LogP contribution in [0.1, 0.15) is 19.4 Å². The van der Waals surface area contributed by atoms with Crippen LogP contribution < -0.4 is 0 Å². The molecule has 8 heteroatoms. The molecule has 0 aliphatic rings. The smallest absolute Gasteiger partial charge is 0.207 e. The molecule has 0 spiro atoms. The highest BCUT2D eigenvalue weighted by Crippen LogP contribution is 2.28. The molecule has 0 radical (unpaired) electrons. The molecule has 1 aromatic carbocycles. The van der Waals surface area contributed by atoms with E-state index in [2.05, 4.69) is 10.7 Å². The van der Waals surface area contributed by atoms with Crippen LogP contribution in [0.5, 0.6) is 0 Å². The first-order valence-electron chi connectivity index (χ1n) is 4.45. The Morgan fingerprint density at radius 2 is 1.18 bits per heavy atom. The summed E-state index contributed by atoms with van der Waals surface area (Å²) in [5.41, 5.74) is -0.950. The topological polar surface area (TPSA) is 34.1 Å². The molecule has 0 bridgehead atoms. The summed E-state index contributed by atoms with van der Waals surface area (Å²) in [4.78, 5) is -1.82. The van der Waals surface area contributed by atoms with Crippen LogP contribution in [0.3, 0.4) is 0 Å². The van der Waals surface area contributed by atoms with Gasteiger partial charge in [-0.3, -0.25) is 0 Å². The molecule has 98 valence electrons. The van der Waals surface area contributed by atoms with Gasteiger partial charge in [0.05, 0.1) is 0 Å². The highest BCUT2D eigenvalue weighted by atomic mass is 35.7. The average Bonchev–Trinajstić information content (AvgIpc) is 2.25. The second-order valence-electron chi connectivity index (χ2n) is 2.65. The number of hydrogen-bond acceptors (Lipinski definition) is 2. The van der Waals surface area contributed by atoms with Crippen molar-refractivity contribution in [3.05, 3.63) is 28.8 Å². The molecule has 1 aromatic rings. The third-order valence-corrected chi connectivity index (χ3v) is 3.00. The highest BCUT2D eigenvalue weighted by molar-refractivity contribution is 8.13. The summed E-state index contributed by atoms with van der Waals surface area (Å²) in [6, 6.07) is 0. The zero-order valence-corrected chi connectivity index (χ0v) is 10.7. The Bertz CT molecular complexity index is 499. The van der Waals surface area contributed by atoms with Crippen LogP contribution >= 0.6 is 10.7 Å². The predicted octanol–water partition coefficient (Wildman–Crippen LogP) is 3.51. The lowest BCUT2D eigenvalue weighted by Gasteiger charge is -2.06. The Morgan fingerprint density at radius 1 is 0.882 bits per heavy atom. The third-order valence-electron chi connectivity index (χ3n) is 1.69. The second-order valence-corrected chi connectivity index (χ2v) is 5.15. The fourth-order valence-corrected chi connectivity index (χ4v) is 1.95. The summed E-state index contributed by atoms with van der Waals surface area (Å²) in [5.74, 6) is -7.62. The molecule has 0 heterocycles. The van der Waals surface area contributed by atoms with E-state index in [4.69, 9.17) is 0 Å². The molecule has 0 aromatic heterocycles. The van der Waals surface area contributed by atoms with E-state index in [0.29, 0.717) is 0 Å². The first-order chi connectivity index (χ1) is 7.68. The van der Waals surface area contributed by atoms with E-state index in [1.165, 1.54) is 0 Å². The number of benzene rings is 1. The molecule has 0 atom stereocenters. The van der Waals surface area contributed by atoms with Gasteiger partial charge in [0.25, 0.3) is 9.05 Å². The van der Waals surface area contributed by atoms with Crippen LogP contribution in [-0.2, 0) is 9.05 Å². The zero-order chi connectivity index (χ0) is 14.0. The van der Waals surface area contributed by atoms with E-state index in [9.17, 15) is 26.0 Å². The lowest BCUT2D eigenvalue weighted by molar-refractivity contribution is 0.413. The lowest BCUT2D eigenvalue weighted by Crippen LogP contribution is -2.08. The first kappa shape index (κ1) is 16.2. The fraction of sp³-hybridized carbons (Fsp3) is 0.333. The van der Waals surface area contributed by atoms with E-state index in [1.54, 1.807) is 0 Å². The van der Waals surface area contributed by atoms with Crippen molar-refractivity contribution in [3.63, 3.8) is 0 Å². The number of halogens is 5. The van der Waals surface area contributed by atoms with E-state index in [1.807, 2.05) is 13.8 Å². The van der Waals surface area contributed by atoms with E-state index in [0.717, 1.165) is 6.92 Å². The molecule has 2 nitrogen and oxygen atoms in total. The minimum Gasteiger partial charge on any atom is -0.207 e. The van der Waals surface area contributed by atoms with Crippen LogP contribution in [0.25, 0.3) is 0 Å². The maximum atomic E-state index is 13.0. The van der Waals surface area contributed by atoms with E-state index < -0.39 is 42.8 Å². The van der Waals surface area contributed by atoms with Gasteiger partial charge in [0.15, 0.2) is 28.2 Å². The first-order valence-corrected chi connectivity index (χ1v) is 6.76. The largest absolute Gasteiger partial charge is 0.267 e. The Balaban J connectivity index is 0.00000121. The van der Waals surface area contributed by atoms with Gasteiger partial charge in [-0.1, -0.05) is 13.8 Å². The van der Waals surface area contributed by atoms with Gasteiger partial charge >= 0.3 is 0 Å². The van der Waals surface area contributed by atoms with Gasteiger partial charge in [0.1, 0.15) is 0 Å². The minimum atomic E-state index is -4.88. The van der Waals surface area contributed by atoms with Crippen LogP contribution in [-0.4, -0.2) is 8.42 Å². The van der Waals surface area contributed by atoms with Gasteiger partial charge in [0.2, 0.25) is 0 Å². The van der Waals surface area contributed by atoms with Crippen molar-refractivity contribution >= 4 is 19.7 Å². The van der Waals surface area contributed by atoms with Crippen molar-refractivity contribution in [2.45, 2.75) is 25.7 Å². The standard InChI is InChI=1S/C7H3ClF4O2S.C2H6/c1-2-3(9)5(11)7(15(8,13)14)6(12)4(2)10;1-2/h1H3;1-2H3. The van der Waals surface area contributed by atoms with Crippen LogP contribution in [0, 0.1) is 30.2 Å². The summed E-state index contributed by atoms with van der Waals surface area (Å²) in [6.07, 6.45) is 0. The molecule has 0 amide bonds. The molecule has 0 aliphatic heterocycles. The van der Waals surface area contributed by atoms with Gasteiger partial charge < -0.3 is 0 Å². The molecule has 1 rings (SSSR count). The van der Waals surface area contributed by atoms with Crippen molar-refractivity contribution in [3.8, 4) is 0 Å². The monoisotopic (exact) mass is 292 g/mol. The fourth-order valence-electron chi connectivity index (χ4n) is 0.935. The third kappa shape index (κ3) is 3.10. The Hall–Kier alpha value is -0.820. The van der Waals surface area contributed by atoms with Crippen molar-refractivity contribution in [2.24, 2.45) is 0 Å². The van der Waals surface area contributed by atoms with Crippen molar-refractivity contribution in [2.75, 3.05) is 0 Å². The maximum absolute atomic E-state index is 13.0. The predicted molar refractivity (Wildman–Crippen MR) is 55.4 cm³/mol. The average molecular weight is 293 g/mol. The molecule has 0 aliphatic carbocycles. The lowest BCUT2D eigenvalue weighted by atomic mass is 10.2. The Kier molecular flexibility index (Phi) is 5.41. The van der Waals surface area contributed by atoms with Gasteiger partial charge in [-0.2, -0.15) is 0 Å². The maximum Gasteiger partial charge on any atom is 0.267 e.